The van der Waals surface area contributed by atoms with Crippen molar-refractivity contribution in [3.63, 3.8) is 0 Å². The van der Waals surface area contributed by atoms with E-state index in [1.807, 2.05) is 4.90 Å². The third kappa shape index (κ3) is 4.93. The normalized spacial score (nSPS) is 17.4. The summed E-state index contributed by atoms with van der Waals surface area (Å²) in [7, 11) is -3.53. The molecule has 6 nitrogen and oxygen atoms in total. The zero-order chi connectivity index (χ0) is 20.3. The van der Waals surface area contributed by atoms with Crippen molar-refractivity contribution in [3.8, 4) is 0 Å². The second-order valence-electron chi connectivity index (χ2n) is 6.65. The van der Waals surface area contributed by atoms with Gasteiger partial charge in [0.15, 0.2) is 0 Å². The van der Waals surface area contributed by atoms with E-state index < -0.39 is 33.6 Å². The van der Waals surface area contributed by atoms with Gasteiger partial charge in [0.1, 0.15) is 15.8 Å². The number of carbonyl (C=O) groups is 1. The number of hydrogen-bond donors (Lipinski definition) is 2. The Morgan fingerprint density at radius 2 is 1.96 bits per heavy atom. The lowest BCUT2D eigenvalue weighted by Gasteiger charge is -2.35. The van der Waals surface area contributed by atoms with E-state index in [9.17, 15) is 22.0 Å². The van der Waals surface area contributed by atoms with Crippen LogP contribution in [0.4, 0.5) is 14.5 Å². The van der Waals surface area contributed by atoms with E-state index in [0.29, 0.717) is 25.9 Å². The average Bonchev–Trinajstić information content (AvgIpc) is 3.20. The van der Waals surface area contributed by atoms with Crippen molar-refractivity contribution in [1.29, 1.82) is 0 Å². The molecular formula is C18H21F2N3O3S2. The summed E-state index contributed by atoms with van der Waals surface area (Å²) in [5.74, 6) is -1.78. The van der Waals surface area contributed by atoms with Gasteiger partial charge in [-0.2, -0.15) is 0 Å². The number of nitrogens with zero attached hydrogens (tertiary/aromatic N) is 1. The first kappa shape index (κ1) is 20.8. The SMILES string of the molecule is C[C@H](C(=O)Nc1cc(F)ccc1F)N1CCC(NS(=O)(=O)c2cccs2)CC1. The number of halogens is 2. The van der Waals surface area contributed by atoms with Crippen LogP contribution < -0.4 is 10.0 Å². The molecule has 1 aliphatic heterocycles. The minimum Gasteiger partial charge on any atom is -0.322 e. The zero-order valence-corrected chi connectivity index (χ0v) is 16.8. The van der Waals surface area contributed by atoms with Crippen molar-refractivity contribution in [2.45, 2.75) is 36.1 Å². The van der Waals surface area contributed by atoms with E-state index in [2.05, 4.69) is 10.0 Å². The molecule has 10 heteroatoms. The standard InChI is InChI=1S/C18H21F2N3O3S2/c1-12(18(24)21-16-11-13(19)4-5-15(16)20)23-8-6-14(7-9-23)22-28(25,26)17-3-2-10-27-17/h2-5,10-12,14,22H,6-9H2,1H3,(H,21,24)/t12-/m1/s1. The number of rotatable bonds is 6. The molecule has 2 aromatic rings. The molecule has 1 aliphatic rings. The van der Waals surface area contributed by atoms with Crippen LogP contribution in [0.1, 0.15) is 19.8 Å². The number of hydrogen-bond acceptors (Lipinski definition) is 5. The summed E-state index contributed by atoms with van der Waals surface area (Å²) in [6.45, 7) is 2.71. The minimum atomic E-state index is -3.53. The number of nitrogens with one attached hydrogen (secondary N) is 2. The number of thiophene rings is 1. The van der Waals surface area contributed by atoms with Crippen molar-refractivity contribution in [2.75, 3.05) is 18.4 Å². The van der Waals surface area contributed by atoms with E-state index in [1.54, 1.807) is 24.4 Å². The number of carbonyl (C=O) groups excluding carboxylic acids is 1. The van der Waals surface area contributed by atoms with Gasteiger partial charge in [0.2, 0.25) is 15.9 Å². The number of piperidine rings is 1. The van der Waals surface area contributed by atoms with Crippen LogP contribution in [-0.2, 0) is 14.8 Å². The fourth-order valence-electron chi connectivity index (χ4n) is 3.09. The lowest BCUT2D eigenvalue weighted by Crippen LogP contribution is -2.50. The number of anilines is 1. The summed E-state index contributed by atoms with van der Waals surface area (Å²) in [6, 6.07) is 5.35. The Hall–Kier alpha value is -1.88. The Morgan fingerprint density at radius 3 is 2.61 bits per heavy atom. The van der Waals surface area contributed by atoms with Crippen LogP contribution in [0.25, 0.3) is 0 Å². The molecule has 0 aliphatic carbocycles. The molecule has 1 saturated heterocycles. The number of sulfonamides is 1. The number of benzene rings is 1. The molecule has 2 N–H and O–H groups in total. The van der Waals surface area contributed by atoms with Crippen LogP contribution in [-0.4, -0.2) is 44.4 Å². The first-order valence-corrected chi connectivity index (χ1v) is 11.2. The maximum atomic E-state index is 13.7. The van der Waals surface area contributed by atoms with Crippen LogP contribution in [0.5, 0.6) is 0 Å². The second kappa shape index (κ2) is 8.64. The average molecular weight is 430 g/mol. The van der Waals surface area contributed by atoms with E-state index in [0.717, 1.165) is 29.5 Å². The van der Waals surface area contributed by atoms with E-state index in [4.69, 9.17) is 0 Å². The van der Waals surface area contributed by atoms with Gasteiger partial charge >= 0.3 is 0 Å². The third-order valence-corrected chi connectivity index (χ3v) is 7.64. The van der Waals surface area contributed by atoms with Crippen molar-refractivity contribution in [1.82, 2.24) is 9.62 Å². The van der Waals surface area contributed by atoms with Crippen LogP contribution >= 0.6 is 11.3 Å². The summed E-state index contributed by atoms with van der Waals surface area (Å²) in [4.78, 5) is 14.3. The Bertz CT molecular complexity index is 928. The molecule has 0 saturated carbocycles. The zero-order valence-electron chi connectivity index (χ0n) is 15.2. The first-order chi connectivity index (χ1) is 13.3. The maximum absolute atomic E-state index is 13.7. The van der Waals surface area contributed by atoms with Gasteiger partial charge in [0.25, 0.3) is 0 Å². The molecule has 1 aromatic carbocycles. The minimum absolute atomic E-state index is 0.199. The summed E-state index contributed by atoms with van der Waals surface area (Å²) < 4.78 is 54.5. The van der Waals surface area contributed by atoms with Crippen molar-refractivity contribution in [3.05, 3.63) is 47.3 Å². The van der Waals surface area contributed by atoms with Gasteiger partial charge in [0, 0.05) is 25.2 Å². The van der Waals surface area contributed by atoms with Crippen LogP contribution in [0.15, 0.2) is 39.9 Å². The molecular weight excluding hydrogens is 408 g/mol. The fraction of sp³-hybridized carbons (Fsp3) is 0.389. The van der Waals surface area contributed by atoms with Gasteiger partial charge in [-0.15, -0.1) is 11.3 Å². The summed E-state index contributed by atoms with van der Waals surface area (Å²) >= 11 is 1.16. The Labute approximate surface area is 166 Å². The molecule has 3 rings (SSSR count). The van der Waals surface area contributed by atoms with Crippen molar-refractivity contribution >= 4 is 33.0 Å². The predicted molar refractivity (Wildman–Crippen MR) is 104 cm³/mol. The summed E-state index contributed by atoms with van der Waals surface area (Å²) in [5.41, 5.74) is -0.199. The van der Waals surface area contributed by atoms with Crippen molar-refractivity contribution < 1.29 is 22.0 Å². The summed E-state index contributed by atoms with van der Waals surface area (Å²) in [6.07, 6.45) is 1.10. The highest BCUT2D eigenvalue weighted by Crippen LogP contribution is 2.21. The highest BCUT2D eigenvalue weighted by atomic mass is 32.2. The molecule has 0 radical (unpaired) electrons. The second-order valence-corrected chi connectivity index (χ2v) is 9.54. The lowest BCUT2D eigenvalue weighted by atomic mass is 10.0. The molecule has 0 spiro atoms. The highest BCUT2D eigenvalue weighted by Gasteiger charge is 2.29. The summed E-state index contributed by atoms with van der Waals surface area (Å²) in [5, 5.41) is 4.12. The Kier molecular flexibility index (Phi) is 6.43. The molecule has 1 amide bonds. The van der Waals surface area contributed by atoms with E-state index >= 15 is 0 Å². The molecule has 152 valence electrons. The predicted octanol–water partition coefficient (Wildman–Crippen LogP) is 2.80. The third-order valence-electron chi connectivity index (χ3n) is 4.72. The van der Waals surface area contributed by atoms with Gasteiger partial charge < -0.3 is 5.32 Å². The van der Waals surface area contributed by atoms with Crippen LogP contribution in [0.3, 0.4) is 0 Å². The highest BCUT2D eigenvalue weighted by molar-refractivity contribution is 7.91. The van der Waals surface area contributed by atoms with Crippen LogP contribution in [0.2, 0.25) is 0 Å². The fourth-order valence-corrected chi connectivity index (χ4v) is 5.41. The molecule has 2 heterocycles. The number of amides is 1. The molecule has 1 fully saturated rings. The monoisotopic (exact) mass is 429 g/mol. The van der Waals surface area contributed by atoms with Gasteiger partial charge in [-0.05, 0) is 43.3 Å². The largest absolute Gasteiger partial charge is 0.322 e. The number of likely N-dealkylation sites (tertiary alicyclic amines) is 1. The van der Waals surface area contributed by atoms with Gasteiger partial charge in [-0.1, -0.05) is 6.07 Å². The molecule has 1 aromatic heterocycles. The van der Waals surface area contributed by atoms with Gasteiger partial charge in [-0.25, -0.2) is 21.9 Å². The Balaban J connectivity index is 1.54. The van der Waals surface area contributed by atoms with E-state index in [1.165, 1.54) is 0 Å². The first-order valence-electron chi connectivity index (χ1n) is 8.82. The maximum Gasteiger partial charge on any atom is 0.250 e. The Morgan fingerprint density at radius 1 is 1.25 bits per heavy atom. The molecule has 0 bridgehead atoms. The van der Waals surface area contributed by atoms with Crippen LogP contribution in [0, 0.1) is 11.6 Å². The molecule has 0 unspecified atom stereocenters. The topological polar surface area (TPSA) is 78.5 Å². The van der Waals surface area contributed by atoms with Crippen molar-refractivity contribution in [2.24, 2.45) is 0 Å². The van der Waals surface area contributed by atoms with Gasteiger partial charge in [-0.3, -0.25) is 9.69 Å². The smallest absolute Gasteiger partial charge is 0.250 e. The van der Waals surface area contributed by atoms with Gasteiger partial charge in [0.05, 0.1) is 11.7 Å². The molecule has 28 heavy (non-hydrogen) atoms. The lowest BCUT2D eigenvalue weighted by molar-refractivity contribution is -0.121. The van der Waals surface area contributed by atoms with E-state index in [-0.39, 0.29) is 15.9 Å². The molecule has 1 atom stereocenters. The quantitative estimate of drug-likeness (QED) is 0.740.